The average Bonchev–Trinajstić information content (AvgIpc) is 3.15. The normalized spacial score (nSPS) is 11.5. The Bertz CT molecular complexity index is 1980. The van der Waals surface area contributed by atoms with Gasteiger partial charge in [-0.15, -0.1) is 22.8 Å². The van der Waals surface area contributed by atoms with Gasteiger partial charge in [-0.3, -0.25) is 9.98 Å². The van der Waals surface area contributed by atoms with Gasteiger partial charge >= 0.3 is 17.1 Å². The average molecular weight is 872 g/mol. The molecule has 6 aromatic rings. The number of allylic oxidation sites excluding steroid dienone is 2. The first-order chi connectivity index (χ1) is 25.2. The van der Waals surface area contributed by atoms with Crippen molar-refractivity contribution in [2.75, 3.05) is 0 Å². The number of rotatable bonds is 10. The summed E-state index contributed by atoms with van der Waals surface area (Å²) < 4.78 is 2.09. The Morgan fingerprint density at radius 3 is 1.00 bits per heavy atom. The van der Waals surface area contributed by atoms with Crippen molar-refractivity contribution in [3.05, 3.63) is 211 Å². The van der Waals surface area contributed by atoms with Crippen LogP contribution in [0.5, 0.6) is 0 Å². The molecule has 0 aliphatic rings. The molecule has 0 aliphatic carbocycles. The number of halogens is 2. The monoisotopic (exact) mass is 869 g/mol. The fourth-order valence-corrected chi connectivity index (χ4v) is 5.33. The van der Waals surface area contributed by atoms with E-state index < -0.39 is 0 Å². The molecule has 0 fully saturated rings. The van der Waals surface area contributed by atoms with Gasteiger partial charge < -0.3 is 10.6 Å². The molecule has 0 atom stereocenters. The summed E-state index contributed by atoms with van der Waals surface area (Å²) in [7, 11) is 0. The van der Waals surface area contributed by atoms with Crippen LogP contribution in [0.4, 0.5) is 22.7 Å². The molecule has 0 amide bonds. The third kappa shape index (κ3) is 13.9. The summed E-state index contributed by atoms with van der Waals surface area (Å²) in [6.45, 7) is 8.28. The van der Waals surface area contributed by atoms with Crippen molar-refractivity contribution in [2.24, 2.45) is 9.98 Å². The first kappa shape index (κ1) is 41.0. The minimum atomic E-state index is 0. The van der Waals surface area contributed by atoms with Crippen molar-refractivity contribution in [1.29, 1.82) is 0 Å². The maximum absolute atomic E-state index is 4.80. The number of aliphatic imine (C=N–C) groups is 2. The molecule has 0 aromatic heterocycles. The fraction of sp³-hybridized carbons (Fsp3) is 0.0870. The minimum Gasteiger partial charge on any atom is -0.657 e. The smallest absolute Gasteiger partial charge is 0.657 e. The van der Waals surface area contributed by atoms with E-state index in [0.717, 1.165) is 54.2 Å². The largest absolute Gasteiger partial charge is 2.00 e. The van der Waals surface area contributed by atoms with Crippen LogP contribution in [0.3, 0.4) is 0 Å². The van der Waals surface area contributed by atoms with Crippen molar-refractivity contribution >= 4 is 78.4 Å². The topological polar surface area (TPSA) is 52.9 Å². The summed E-state index contributed by atoms with van der Waals surface area (Å²) in [5.74, 6) is 0. The Morgan fingerprint density at radius 2 is 0.698 bits per heavy atom. The van der Waals surface area contributed by atoms with E-state index in [1.54, 1.807) is 12.4 Å². The Labute approximate surface area is 341 Å². The number of aryl methyl sites for hydroxylation is 4. The van der Waals surface area contributed by atoms with E-state index >= 15 is 0 Å². The summed E-state index contributed by atoms with van der Waals surface area (Å²) in [5, 5.41) is 9.60. The minimum absolute atomic E-state index is 0. The van der Waals surface area contributed by atoms with Gasteiger partial charge in [0.25, 0.3) is 0 Å². The predicted molar refractivity (Wildman–Crippen MR) is 231 cm³/mol. The third-order valence-corrected chi connectivity index (χ3v) is 8.88. The molecular weight excluding hydrogens is 832 g/mol. The number of hydrogen-bond donors (Lipinski definition) is 0. The molecule has 1 radical (unpaired) electrons. The van der Waals surface area contributed by atoms with E-state index in [1.807, 2.05) is 109 Å². The zero-order valence-corrected chi connectivity index (χ0v) is 34.1. The van der Waals surface area contributed by atoms with Gasteiger partial charge in [-0.05, 0) is 87.4 Å². The van der Waals surface area contributed by atoms with Crippen molar-refractivity contribution in [1.82, 2.24) is 0 Å². The third-order valence-electron chi connectivity index (χ3n) is 7.83. The standard InChI is InChI=1S/2C23H20BrN2.Cu/c2*1-17-3-11-21(12-4-17)25-16-15-23(19-7-9-20(24)10-8-19)26-22-13-5-18(2)6-14-22;/h2*3-16H,1-2H3;/q2*-1;+2. The summed E-state index contributed by atoms with van der Waals surface area (Å²) in [6.07, 6.45) is 7.51. The molecule has 0 unspecified atom stereocenters. The molecule has 7 heteroatoms. The SMILES string of the molecule is Cc1ccc(N=CC=C([N-]c2ccc(C)cc2)c2ccc(Br)cc2)cc1.Cc1ccc(N=CC=C([N-]c2ccc(C)cc2)c2ccc(Br)cc2)cc1.[Cu+2]. The van der Waals surface area contributed by atoms with Gasteiger partial charge in [-0.25, -0.2) is 0 Å². The van der Waals surface area contributed by atoms with Gasteiger partial charge in [0, 0.05) is 21.4 Å². The summed E-state index contributed by atoms with van der Waals surface area (Å²) in [5.41, 5.74) is 12.4. The van der Waals surface area contributed by atoms with Crippen LogP contribution in [0.25, 0.3) is 22.0 Å². The Balaban J connectivity index is 0.000000232. The predicted octanol–water partition coefficient (Wildman–Crippen LogP) is 15.0. The van der Waals surface area contributed by atoms with Crippen LogP contribution in [0.2, 0.25) is 0 Å². The van der Waals surface area contributed by atoms with Gasteiger partial charge in [-0.2, -0.15) is 0 Å². The zero-order chi connectivity index (χ0) is 36.7. The maximum atomic E-state index is 4.80. The molecule has 6 rings (SSSR count). The molecule has 0 aliphatic heterocycles. The van der Waals surface area contributed by atoms with Gasteiger partial charge in [0.05, 0.1) is 11.4 Å². The summed E-state index contributed by atoms with van der Waals surface area (Å²) >= 11 is 6.96. The molecule has 6 aromatic carbocycles. The van der Waals surface area contributed by atoms with Crippen LogP contribution in [0.15, 0.2) is 177 Å². The van der Waals surface area contributed by atoms with Crippen molar-refractivity contribution in [3.8, 4) is 0 Å². The number of benzene rings is 6. The van der Waals surface area contributed by atoms with E-state index in [1.165, 1.54) is 22.3 Å². The molecule has 0 heterocycles. The van der Waals surface area contributed by atoms with E-state index in [-0.39, 0.29) is 17.1 Å². The van der Waals surface area contributed by atoms with Crippen LogP contribution in [-0.2, 0) is 17.1 Å². The zero-order valence-electron chi connectivity index (χ0n) is 30.0. The van der Waals surface area contributed by atoms with Gasteiger partial charge in [0.2, 0.25) is 0 Å². The van der Waals surface area contributed by atoms with E-state index in [2.05, 4.69) is 118 Å². The maximum Gasteiger partial charge on any atom is 2.00 e. The van der Waals surface area contributed by atoms with E-state index in [9.17, 15) is 0 Å². The quantitative estimate of drug-likeness (QED) is 0.0973. The van der Waals surface area contributed by atoms with Crippen molar-refractivity contribution < 1.29 is 17.1 Å². The van der Waals surface area contributed by atoms with Crippen LogP contribution in [0.1, 0.15) is 33.4 Å². The number of hydrogen-bond acceptors (Lipinski definition) is 2. The summed E-state index contributed by atoms with van der Waals surface area (Å²) in [6, 6.07) is 48.9. The van der Waals surface area contributed by atoms with Crippen LogP contribution in [0, 0.1) is 27.7 Å². The summed E-state index contributed by atoms with van der Waals surface area (Å²) in [4.78, 5) is 9.03. The second kappa shape index (κ2) is 21.1. The number of nitrogens with zero attached hydrogens (tertiary/aromatic N) is 4. The second-order valence-corrected chi connectivity index (χ2v) is 14.1. The molecule has 0 saturated carbocycles. The Hall–Kier alpha value is -4.78. The second-order valence-electron chi connectivity index (χ2n) is 12.2. The van der Waals surface area contributed by atoms with Gasteiger partial charge in [0.1, 0.15) is 0 Å². The molecule has 0 N–H and O–H groups in total. The first-order valence-electron chi connectivity index (χ1n) is 16.9. The molecular formula is C46H40Br2CuN4. The van der Waals surface area contributed by atoms with E-state index in [4.69, 9.17) is 10.6 Å². The van der Waals surface area contributed by atoms with Gasteiger partial charge in [-0.1, -0.05) is 163 Å². The Morgan fingerprint density at radius 1 is 0.415 bits per heavy atom. The molecule has 53 heavy (non-hydrogen) atoms. The van der Waals surface area contributed by atoms with Crippen LogP contribution >= 0.6 is 31.9 Å². The van der Waals surface area contributed by atoms with Crippen LogP contribution < -0.4 is 0 Å². The van der Waals surface area contributed by atoms with Crippen molar-refractivity contribution in [2.45, 2.75) is 27.7 Å². The Kier molecular flexibility index (Phi) is 16.3. The molecule has 4 nitrogen and oxygen atoms in total. The first-order valence-corrected chi connectivity index (χ1v) is 18.5. The molecule has 0 saturated heterocycles. The molecule has 0 bridgehead atoms. The van der Waals surface area contributed by atoms with Crippen molar-refractivity contribution in [3.63, 3.8) is 0 Å². The van der Waals surface area contributed by atoms with Gasteiger partial charge in [0.15, 0.2) is 0 Å². The fourth-order valence-electron chi connectivity index (χ4n) is 4.80. The molecule has 0 spiro atoms. The molecule has 269 valence electrons. The van der Waals surface area contributed by atoms with Crippen LogP contribution in [-0.4, -0.2) is 12.4 Å². The van der Waals surface area contributed by atoms with E-state index in [0.29, 0.717) is 0 Å².